The number of carbonyl (C=O) groups excluding carboxylic acids is 4. The zero-order valence-corrected chi connectivity index (χ0v) is 49.6. The van der Waals surface area contributed by atoms with E-state index in [0.29, 0.717) is 41.6 Å². The number of aliphatic hydroxyl groups is 1. The second kappa shape index (κ2) is 29.6. The Bertz CT molecular complexity index is 2440. The molecule has 0 bridgehead atoms. The average Bonchev–Trinajstić information content (AvgIpc) is 3.41. The van der Waals surface area contributed by atoms with Crippen molar-refractivity contribution < 1.29 is 43.2 Å². The monoisotopic (exact) mass is 1120 g/mol. The predicted octanol–water partition coefficient (Wildman–Crippen LogP) is 14.1. The van der Waals surface area contributed by atoms with Crippen LogP contribution in [0.4, 0.5) is 9.59 Å². The minimum Gasteiger partial charge on any atom is -0.465 e. The average molecular weight is 1130 g/mol. The molecule has 14 heteroatoms. The summed E-state index contributed by atoms with van der Waals surface area (Å²) in [6, 6.07) is 32.5. The number of methoxy groups -OCH3 is 2. The number of nitrogens with one attached hydrogen (secondary N) is 2. The maximum absolute atomic E-state index is 12.6. The Kier molecular flexibility index (Phi) is 24.1. The fourth-order valence-electron chi connectivity index (χ4n) is 10.1. The van der Waals surface area contributed by atoms with E-state index in [-0.39, 0.29) is 42.8 Å². The summed E-state index contributed by atoms with van der Waals surface area (Å²) in [4.78, 5) is 51.7. The molecule has 2 amide bonds. The molecule has 4 aromatic rings. The van der Waals surface area contributed by atoms with E-state index in [1.165, 1.54) is 56.6 Å². The molecule has 422 valence electrons. The van der Waals surface area contributed by atoms with Gasteiger partial charge in [0, 0.05) is 29.6 Å². The number of halogens is 1. The highest BCUT2D eigenvalue weighted by Crippen LogP contribution is 2.37. The molecule has 0 saturated carbocycles. The number of hydrogen-bond acceptors (Lipinski definition) is 11. The molecule has 4 saturated heterocycles. The zero-order valence-electron chi connectivity index (χ0n) is 48.0. The zero-order chi connectivity index (χ0) is 56.5. The van der Waals surface area contributed by atoms with Crippen LogP contribution in [0.25, 0.3) is 0 Å². The van der Waals surface area contributed by atoms with Crippen molar-refractivity contribution in [1.29, 1.82) is 0 Å². The van der Waals surface area contributed by atoms with Gasteiger partial charge in [-0.3, -0.25) is 0 Å². The van der Waals surface area contributed by atoms with E-state index in [0.717, 1.165) is 72.8 Å². The highest BCUT2D eigenvalue weighted by Gasteiger charge is 2.35. The summed E-state index contributed by atoms with van der Waals surface area (Å²) in [5.74, 6) is 1.90. The van der Waals surface area contributed by atoms with E-state index in [2.05, 4.69) is 83.3 Å². The van der Waals surface area contributed by atoms with Crippen molar-refractivity contribution in [2.75, 3.05) is 40.4 Å². The molecule has 77 heavy (non-hydrogen) atoms. The molecule has 13 nitrogen and oxygen atoms in total. The SMILES string of the molecule is COC(=O)c1ccc([C@H]2CC[C@H](C)CN2)cc1.COC(=O)c1ccc([C@H]2CC[C@H](C)CN2C(=O)OC(C)(C)C)cc1.C[C@H]1CC[C@H](c2ccc(Br)cc2)N(C(=O)OC(C)(C)C)C1.C[C@H]1CC[C@H](c2ccc(CO)cc2)NC1. The highest BCUT2D eigenvalue weighted by atomic mass is 79.9. The van der Waals surface area contributed by atoms with Gasteiger partial charge in [0.2, 0.25) is 0 Å². The smallest absolute Gasteiger partial charge is 0.410 e. The summed E-state index contributed by atoms with van der Waals surface area (Å²) in [7, 11) is 2.77. The molecule has 4 fully saturated rings. The summed E-state index contributed by atoms with van der Waals surface area (Å²) in [6.07, 6.45) is 8.54. The standard InChI is InChI=1S/C19H27NO4.C17H24BrNO2.C14H19NO2.C13H19NO/c1-13-6-11-16(20(12-13)18(22)24-19(2,3)4)14-7-9-15(10-8-14)17(21)23-5;1-12-5-10-15(13-6-8-14(18)9-7-13)19(11-12)16(20)21-17(2,3)4;1-10-3-8-13(15-9-10)11-4-6-12(7-5-11)14(16)17-2;1-10-2-7-13(14-8-10)12-5-3-11(9-15)4-6-12/h7-10,13,16H,6,11-12H2,1-5H3;6-9,12,15H,5,10-11H2,1-4H3;4-7,10,13,15H,3,8-9H2,1-2H3;3-6,10,13-15H,2,7-9H2,1H3/t13-,16+;12-,15+;2*10-,13+/m0000/s1. The molecule has 0 unspecified atom stereocenters. The van der Waals surface area contributed by atoms with Crippen LogP contribution in [-0.2, 0) is 25.6 Å². The van der Waals surface area contributed by atoms with Gasteiger partial charge in [0.25, 0.3) is 0 Å². The molecule has 4 aliphatic rings. The Morgan fingerprint density at radius 3 is 1.17 bits per heavy atom. The number of benzene rings is 4. The van der Waals surface area contributed by atoms with Gasteiger partial charge in [0.15, 0.2) is 0 Å². The lowest BCUT2D eigenvalue weighted by atomic mass is 9.90. The molecule has 4 heterocycles. The minimum absolute atomic E-state index is 0.0252. The van der Waals surface area contributed by atoms with Crippen molar-refractivity contribution >= 4 is 40.1 Å². The number of likely N-dealkylation sites (tertiary alicyclic amines) is 2. The lowest BCUT2D eigenvalue weighted by Crippen LogP contribution is -2.44. The first-order valence-corrected chi connectivity index (χ1v) is 28.5. The van der Waals surface area contributed by atoms with Crippen LogP contribution in [0.5, 0.6) is 0 Å². The molecule has 4 aliphatic heterocycles. The van der Waals surface area contributed by atoms with Gasteiger partial charge in [-0.2, -0.15) is 0 Å². The molecule has 0 aliphatic carbocycles. The highest BCUT2D eigenvalue weighted by molar-refractivity contribution is 9.10. The third-order valence-electron chi connectivity index (χ3n) is 14.5. The Morgan fingerprint density at radius 1 is 0.506 bits per heavy atom. The molecule has 0 spiro atoms. The number of carbonyl (C=O) groups is 4. The van der Waals surface area contributed by atoms with Gasteiger partial charge >= 0.3 is 24.1 Å². The second-order valence-electron chi connectivity index (χ2n) is 23.6. The molecular weight excluding hydrogens is 1040 g/mol. The fourth-order valence-corrected chi connectivity index (χ4v) is 10.3. The maximum atomic E-state index is 12.6. The third kappa shape index (κ3) is 20.2. The Hall–Kier alpha value is -5.28. The fraction of sp³-hybridized carbons (Fsp3) is 0.556. The van der Waals surface area contributed by atoms with Crippen LogP contribution in [0.2, 0.25) is 0 Å². The van der Waals surface area contributed by atoms with Gasteiger partial charge < -0.3 is 44.5 Å². The van der Waals surface area contributed by atoms with Gasteiger partial charge in [-0.05, 0) is 194 Å². The minimum atomic E-state index is -0.517. The Labute approximate surface area is 468 Å². The van der Waals surface area contributed by atoms with Gasteiger partial charge in [0.05, 0.1) is 44.0 Å². The summed E-state index contributed by atoms with van der Waals surface area (Å²) in [5.41, 5.74) is 5.93. The van der Waals surface area contributed by atoms with Gasteiger partial charge in [0.1, 0.15) is 11.2 Å². The lowest BCUT2D eigenvalue weighted by molar-refractivity contribution is 0.00276. The number of amides is 2. The van der Waals surface area contributed by atoms with Crippen LogP contribution in [0.15, 0.2) is 102 Å². The van der Waals surface area contributed by atoms with E-state index in [9.17, 15) is 19.2 Å². The normalized spacial score (nSPS) is 23.5. The van der Waals surface area contributed by atoms with E-state index in [4.69, 9.17) is 19.3 Å². The lowest BCUT2D eigenvalue weighted by Gasteiger charge is -2.39. The third-order valence-corrected chi connectivity index (χ3v) is 15.0. The van der Waals surface area contributed by atoms with Crippen molar-refractivity contribution in [3.8, 4) is 0 Å². The van der Waals surface area contributed by atoms with Gasteiger partial charge in [-0.15, -0.1) is 0 Å². The van der Waals surface area contributed by atoms with Crippen molar-refractivity contribution in [2.45, 2.75) is 163 Å². The largest absolute Gasteiger partial charge is 0.465 e. The van der Waals surface area contributed by atoms with Gasteiger partial charge in [-0.1, -0.05) is 104 Å². The van der Waals surface area contributed by atoms with Crippen molar-refractivity contribution in [1.82, 2.24) is 20.4 Å². The number of nitrogens with zero attached hydrogens (tertiary/aromatic N) is 2. The molecular formula is C63H89BrN4O9. The van der Waals surface area contributed by atoms with E-state index < -0.39 is 11.2 Å². The summed E-state index contributed by atoms with van der Waals surface area (Å²) in [6.45, 7) is 24.0. The molecule has 3 N–H and O–H groups in total. The molecule has 4 aromatic carbocycles. The predicted molar refractivity (Wildman–Crippen MR) is 309 cm³/mol. The molecule has 8 rings (SSSR count). The molecule has 0 radical (unpaired) electrons. The van der Waals surface area contributed by atoms with Crippen LogP contribution in [0, 0.1) is 23.7 Å². The van der Waals surface area contributed by atoms with Crippen molar-refractivity contribution in [3.63, 3.8) is 0 Å². The van der Waals surface area contributed by atoms with Crippen molar-refractivity contribution in [3.05, 3.63) is 140 Å². The summed E-state index contributed by atoms with van der Waals surface area (Å²) >= 11 is 3.46. The van der Waals surface area contributed by atoms with E-state index in [1.54, 1.807) is 12.1 Å². The van der Waals surface area contributed by atoms with Crippen molar-refractivity contribution in [2.24, 2.45) is 23.7 Å². The number of aliphatic hydroxyl groups excluding tert-OH is 1. The van der Waals surface area contributed by atoms with Crippen LogP contribution < -0.4 is 10.6 Å². The van der Waals surface area contributed by atoms with Gasteiger partial charge in [-0.25, -0.2) is 19.2 Å². The number of rotatable bonds is 7. The maximum Gasteiger partial charge on any atom is 0.410 e. The summed E-state index contributed by atoms with van der Waals surface area (Å²) in [5, 5.41) is 16.0. The summed E-state index contributed by atoms with van der Waals surface area (Å²) < 4.78 is 21.6. The molecule has 8 atom stereocenters. The van der Waals surface area contributed by atoms with E-state index in [1.807, 2.05) is 112 Å². The number of esters is 2. The first-order chi connectivity index (χ1) is 36.5. The number of ether oxygens (including phenoxy) is 4. The second-order valence-corrected chi connectivity index (χ2v) is 24.5. The van der Waals surface area contributed by atoms with Crippen LogP contribution >= 0.6 is 15.9 Å². The molecule has 0 aromatic heterocycles. The van der Waals surface area contributed by atoms with E-state index >= 15 is 0 Å². The number of piperidine rings is 4. The topological polar surface area (TPSA) is 156 Å². The Morgan fingerprint density at radius 2 is 0.844 bits per heavy atom. The van der Waals surface area contributed by atoms with Crippen LogP contribution in [-0.4, -0.2) is 90.6 Å². The van der Waals surface area contributed by atoms with Crippen LogP contribution in [0.1, 0.15) is 193 Å². The first-order valence-electron chi connectivity index (χ1n) is 27.7. The Balaban J connectivity index is 0.000000192. The quantitative estimate of drug-likeness (QED) is 0.120. The van der Waals surface area contributed by atoms with Crippen LogP contribution in [0.3, 0.4) is 0 Å². The first kappa shape index (κ1) is 62.6. The number of hydrogen-bond donors (Lipinski definition) is 3.